The van der Waals surface area contributed by atoms with Gasteiger partial charge in [-0.15, -0.1) is 0 Å². The van der Waals surface area contributed by atoms with E-state index < -0.39 is 0 Å². The third-order valence-corrected chi connectivity index (χ3v) is 4.79. The minimum absolute atomic E-state index is 0.0297. The molecule has 0 N–H and O–H groups in total. The van der Waals surface area contributed by atoms with Crippen molar-refractivity contribution in [1.29, 1.82) is 0 Å². The minimum Gasteiger partial charge on any atom is -0.488 e. The molecule has 2 heterocycles. The summed E-state index contributed by atoms with van der Waals surface area (Å²) in [6, 6.07) is 15.3. The predicted octanol–water partition coefficient (Wildman–Crippen LogP) is 4.80. The number of hydrogen-bond acceptors (Lipinski definition) is 3. The molecule has 3 aromatic rings. The quantitative estimate of drug-likeness (QED) is 0.613. The fourth-order valence-corrected chi connectivity index (χ4v) is 3.36. The van der Waals surface area contributed by atoms with Crippen LogP contribution in [0.5, 0.6) is 5.75 Å². The van der Waals surface area contributed by atoms with E-state index in [-0.39, 0.29) is 12.4 Å². The number of carbonyl (C=O) groups is 1. The summed E-state index contributed by atoms with van der Waals surface area (Å²) in [6.45, 7) is 4.06. The van der Waals surface area contributed by atoms with Crippen LogP contribution in [0.2, 0.25) is 5.15 Å². The van der Waals surface area contributed by atoms with Gasteiger partial charge in [0.2, 0.25) is 0 Å². The number of aromatic nitrogens is 2. The highest BCUT2D eigenvalue weighted by atomic mass is 35.5. The van der Waals surface area contributed by atoms with E-state index in [0.717, 1.165) is 22.5 Å². The first-order valence-electron chi connectivity index (χ1n) is 8.34. The summed E-state index contributed by atoms with van der Waals surface area (Å²) in [7, 11) is 0. The van der Waals surface area contributed by atoms with E-state index >= 15 is 0 Å². The van der Waals surface area contributed by atoms with Crippen molar-refractivity contribution in [3.05, 3.63) is 81.6 Å². The molecule has 0 amide bonds. The molecule has 0 fully saturated rings. The highest BCUT2D eigenvalue weighted by molar-refractivity contribution is 6.31. The summed E-state index contributed by atoms with van der Waals surface area (Å²) in [6.07, 6.45) is 1.79. The lowest BCUT2D eigenvalue weighted by atomic mass is 9.97. The molecule has 5 heteroatoms. The largest absolute Gasteiger partial charge is 0.488 e. The van der Waals surface area contributed by atoms with Crippen molar-refractivity contribution >= 4 is 23.5 Å². The molecular weight excluding hydrogens is 348 g/mol. The van der Waals surface area contributed by atoms with E-state index in [1.54, 1.807) is 10.8 Å². The van der Waals surface area contributed by atoms with Gasteiger partial charge in [-0.25, -0.2) is 4.68 Å². The number of para-hydroxylation sites is 1. The standard InChI is InChI=1S/C21H17ClN2O2/c1-13-8-9-19-18(10-13)20(25)15(12-26-19)11-17-14(2)23-24(21(17)22)16-6-4-3-5-7-16/h3-11H,12H2,1-2H3/b15-11-. The van der Waals surface area contributed by atoms with Gasteiger partial charge >= 0.3 is 0 Å². The first-order chi connectivity index (χ1) is 12.5. The molecule has 0 unspecified atom stereocenters. The SMILES string of the molecule is Cc1ccc2c(c1)C(=O)/C(=C\c1c(C)nn(-c3ccccc3)c1Cl)CO2. The summed E-state index contributed by atoms with van der Waals surface area (Å²) < 4.78 is 7.42. The number of rotatable bonds is 2. The van der Waals surface area contributed by atoms with Crippen LogP contribution < -0.4 is 4.74 Å². The number of fused-ring (bicyclic) bond motifs is 1. The Kier molecular flexibility index (Phi) is 4.13. The number of hydrogen-bond donors (Lipinski definition) is 0. The maximum atomic E-state index is 12.9. The van der Waals surface area contributed by atoms with Gasteiger partial charge < -0.3 is 4.74 Å². The van der Waals surface area contributed by atoms with Crippen LogP contribution in [0.25, 0.3) is 11.8 Å². The van der Waals surface area contributed by atoms with Gasteiger partial charge in [0.25, 0.3) is 0 Å². The molecular formula is C21H17ClN2O2. The number of benzene rings is 2. The molecule has 130 valence electrons. The molecule has 4 nitrogen and oxygen atoms in total. The molecule has 1 aromatic heterocycles. The van der Waals surface area contributed by atoms with Gasteiger partial charge in [-0.1, -0.05) is 41.4 Å². The van der Waals surface area contributed by atoms with Crippen molar-refractivity contribution in [2.45, 2.75) is 13.8 Å². The second-order valence-corrected chi connectivity index (χ2v) is 6.68. The van der Waals surface area contributed by atoms with Crippen LogP contribution in [0.3, 0.4) is 0 Å². The van der Waals surface area contributed by atoms with Crippen molar-refractivity contribution in [3.63, 3.8) is 0 Å². The third kappa shape index (κ3) is 2.82. The van der Waals surface area contributed by atoms with Crippen LogP contribution in [0.15, 0.2) is 54.1 Å². The fourth-order valence-electron chi connectivity index (χ4n) is 3.04. The maximum absolute atomic E-state index is 12.9. The van der Waals surface area contributed by atoms with Gasteiger partial charge in [0.1, 0.15) is 17.5 Å². The molecule has 1 aliphatic rings. The number of halogens is 1. The summed E-state index contributed by atoms with van der Waals surface area (Å²) >= 11 is 6.56. The molecule has 0 saturated heterocycles. The Morgan fingerprint density at radius 1 is 1.15 bits per heavy atom. The van der Waals surface area contributed by atoms with E-state index in [2.05, 4.69) is 5.10 Å². The molecule has 0 aliphatic carbocycles. The Bertz CT molecular complexity index is 1040. The van der Waals surface area contributed by atoms with Crippen LogP contribution in [-0.4, -0.2) is 22.2 Å². The lowest BCUT2D eigenvalue weighted by Crippen LogP contribution is -2.19. The topological polar surface area (TPSA) is 44.1 Å². The first kappa shape index (κ1) is 16.6. The lowest BCUT2D eigenvalue weighted by molar-refractivity contribution is 0.100. The number of carbonyl (C=O) groups excluding carboxylic acids is 1. The second-order valence-electron chi connectivity index (χ2n) is 6.32. The Morgan fingerprint density at radius 3 is 2.69 bits per heavy atom. The zero-order valence-corrected chi connectivity index (χ0v) is 15.2. The van der Waals surface area contributed by atoms with Crippen LogP contribution in [0.1, 0.15) is 27.2 Å². The predicted molar refractivity (Wildman–Crippen MR) is 102 cm³/mol. The van der Waals surface area contributed by atoms with E-state index in [1.807, 2.05) is 62.4 Å². The molecule has 1 aliphatic heterocycles. The zero-order chi connectivity index (χ0) is 18.3. The van der Waals surface area contributed by atoms with Crippen molar-refractivity contribution in [2.75, 3.05) is 6.61 Å². The summed E-state index contributed by atoms with van der Waals surface area (Å²) in [5.41, 5.74) is 4.55. The number of ether oxygens (including phenoxy) is 1. The van der Waals surface area contributed by atoms with Gasteiger partial charge in [-0.2, -0.15) is 5.10 Å². The Labute approximate surface area is 156 Å². The smallest absolute Gasteiger partial charge is 0.196 e. The van der Waals surface area contributed by atoms with E-state index in [9.17, 15) is 4.79 Å². The van der Waals surface area contributed by atoms with Crippen molar-refractivity contribution in [2.24, 2.45) is 0 Å². The Hall–Kier alpha value is -2.85. The Morgan fingerprint density at radius 2 is 1.92 bits per heavy atom. The van der Waals surface area contributed by atoms with Crippen LogP contribution in [0, 0.1) is 13.8 Å². The molecule has 0 radical (unpaired) electrons. The van der Waals surface area contributed by atoms with Crippen LogP contribution in [-0.2, 0) is 0 Å². The molecule has 0 spiro atoms. The number of nitrogens with zero attached hydrogens (tertiary/aromatic N) is 2. The van der Waals surface area contributed by atoms with Gasteiger partial charge in [-0.3, -0.25) is 4.79 Å². The average Bonchev–Trinajstić information content (AvgIpc) is 2.93. The molecule has 0 bridgehead atoms. The van der Waals surface area contributed by atoms with Gasteiger partial charge in [0.05, 0.1) is 16.9 Å². The molecule has 0 atom stereocenters. The van der Waals surface area contributed by atoms with Crippen LogP contribution >= 0.6 is 11.6 Å². The molecule has 26 heavy (non-hydrogen) atoms. The van der Waals surface area contributed by atoms with E-state index in [1.165, 1.54) is 0 Å². The third-order valence-electron chi connectivity index (χ3n) is 4.42. The number of Topliss-reactive ketones (excluding diaryl/α,β-unsaturated/α-hetero) is 1. The molecule has 2 aromatic carbocycles. The zero-order valence-electron chi connectivity index (χ0n) is 14.5. The monoisotopic (exact) mass is 364 g/mol. The van der Waals surface area contributed by atoms with E-state index in [0.29, 0.717) is 22.0 Å². The summed E-state index contributed by atoms with van der Waals surface area (Å²) in [5.74, 6) is 0.596. The van der Waals surface area contributed by atoms with Crippen molar-refractivity contribution in [3.8, 4) is 11.4 Å². The maximum Gasteiger partial charge on any atom is 0.196 e. The molecule has 4 rings (SSSR count). The normalized spacial score (nSPS) is 15.0. The van der Waals surface area contributed by atoms with E-state index in [4.69, 9.17) is 16.3 Å². The summed E-state index contributed by atoms with van der Waals surface area (Å²) in [4.78, 5) is 12.9. The molecule has 0 saturated carbocycles. The van der Waals surface area contributed by atoms with Gasteiger partial charge in [0.15, 0.2) is 5.78 Å². The van der Waals surface area contributed by atoms with Gasteiger partial charge in [0, 0.05) is 11.1 Å². The van der Waals surface area contributed by atoms with Crippen molar-refractivity contribution < 1.29 is 9.53 Å². The van der Waals surface area contributed by atoms with Crippen molar-refractivity contribution in [1.82, 2.24) is 9.78 Å². The second kappa shape index (κ2) is 6.46. The highest BCUT2D eigenvalue weighted by Crippen LogP contribution is 2.31. The lowest BCUT2D eigenvalue weighted by Gasteiger charge is -2.19. The average molecular weight is 365 g/mol. The fraction of sp³-hybridized carbons (Fsp3) is 0.143. The highest BCUT2D eigenvalue weighted by Gasteiger charge is 2.24. The number of ketones is 1. The van der Waals surface area contributed by atoms with Crippen LogP contribution in [0.4, 0.5) is 0 Å². The first-order valence-corrected chi connectivity index (χ1v) is 8.71. The Balaban J connectivity index is 1.76. The number of aryl methyl sites for hydroxylation is 2. The summed E-state index contributed by atoms with van der Waals surface area (Å²) in [5, 5.41) is 4.99. The minimum atomic E-state index is -0.0297. The van der Waals surface area contributed by atoms with Gasteiger partial charge in [-0.05, 0) is 44.2 Å².